The van der Waals surface area contributed by atoms with Crippen molar-refractivity contribution in [1.29, 1.82) is 0 Å². The smallest absolute Gasteiger partial charge is 0.0642 e. The lowest BCUT2D eigenvalue weighted by Crippen LogP contribution is -2.41. The van der Waals surface area contributed by atoms with Gasteiger partial charge in [-0.1, -0.05) is 37.6 Å². The SMILES string of the molecule is CC1(C)CCCN(c2c(Cl)cccc2CNC(C)(C)C)C1. The molecule has 0 amide bonds. The molecule has 1 aliphatic heterocycles. The quantitative estimate of drug-likeness (QED) is 0.858. The molecule has 1 fully saturated rings. The summed E-state index contributed by atoms with van der Waals surface area (Å²) in [5.74, 6) is 0. The van der Waals surface area contributed by atoms with E-state index in [0.29, 0.717) is 5.41 Å². The van der Waals surface area contributed by atoms with E-state index in [0.717, 1.165) is 24.7 Å². The topological polar surface area (TPSA) is 15.3 Å². The van der Waals surface area contributed by atoms with E-state index in [1.165, 1.54) is 24.1 Å². The third kappa shape index (κ3) is 4.62. The molecule has 1 aliphatic rings. The first kappa shape index (κ1) is 16.6. The van der Waals surface area contributed by atoms with E-state index in [-0.39, 0.29) is 5.54 Å². The second-order valence-electron chi connectivity index (χ2n) is 8.04. The molecular formula is C18H29ClN2. The van der Waals surface area contributed by atoms with Crippen LogP contribution in [0.25, 0.3) is 0 Å². The van der Waals surface area contributed by atoms with Crippen LogP contribution in [-0.4, -0.2) is 18.6 Å². The summed E-state index contributed by atoms with van der Waals surface area (Å²) in [5.41, 5.74) is 3.01. The van der Waals surface area contributed by atoms with E-state index in [4.69, 9.17) is 11.6 Å². The van der Waals surface area contributed by atoms with Gasteiger partial charge in [-0.25, -0.2) is 0 Å². The molecule has 0 radical (unpaired) electrons. The predicted molar refractivity (Wildman–Crippen MR) is 93.3 cm³/mol. The minimum Gasteiger partial charge on any atom is -0.370 e. The van der Waals surface area contributed by atoms with Crippen LogP contribution in [0.5, 0.6) is 0 Å². The molecule has 0 bridgehead atoms. The zero-order chi connectivity index (χ0) is 15.7. The van der Waals surface area contributed by atoms with Crippen LogP contribution in [0.4, 0.5) is 5.69 Å². The van der Waals surface area contributed by atoms with Gasteiger partial charge < -0.3 is 10.2 Å². The Morgan fingerprint density at radius 2 is 2.00 bits per heavy atom. The molecule has 21 heavy (non-hydrogen) atoms. The normalized spacial score (nSPS) is 18.9. The van der Waals surface area contributed by atoms with Gasteiger partial charge >= 0.3 is 0 Å². The van der Waals surface area contributed by atoms with Gasteiger partial charge in [-0.15, -0.1) is 0 Å². The summed E-state index contributed by atoms with van der Waals surface area (Å²) in [7, 11) is 0. The van der Waals surface area contributed by atoms with Crippen molar-refractivity contribution in [3.63, 3.8) is 0 Å². The molecule has 3 heteroatoms. The maximum Gasteiger partial charge on any atom is 0.0642 e. The van der Waals surface area contributed by atoms with Crippen molar-refractivity contribution in [2.75, 3.05) is 18.0 Å². The Hall–Kier alpha value is -0.730. The molecule has 0 aliphatic carbocycles. The monoisotopic (exact) mass is 308 g/mol. The highest BCUT2D eigenvalue weighted by molar-refractivity contribution is 6.33. The Kier molecular flexibility index (Phi) is 4.89. The second-order valence-corrected chi connectivity index (χ2v) is 8.45. The van der Waals surface area contributed by atoms with Gasteiger partial charge in [0.2, 0.25) is 0 Å². The van der Waals surface area contributed by atoms with Gasteiger partial charge in [0.15, 0.2) is 0 Å². The Morgan fingerprint density at radius 1 is 1.29 bits per heavy atom. The maximum absolute atomic E-state index is 6.54. The Morgan fingerprint density at radius 3 is 2.62 bits per heavy atom. The average Bonchev–Trinajstić information content (AvgIpc) is 2.34. The molecule has 0 unspecified atom stereocenters. The summed E-state index contributed by atoms with van der Waals surface area (Å²) in [6, 6.07) is 6.27. The van der Waals surface area contributed by atoms with Crippen molar-refractivity contribution < 1.29 is 0 Å². The van der Waals surface area contributed by atoms with E-state index in [1.54, 1.807) is 0 Å². The predicted octanol–water partition coefficient (Wildman–Crippen LogP) is 4.85. The van der Waals surface area contributed by atoms with Crippen molar-refractivity contribution in [3.8, 4) is 0 Å². The fourth-order valence-electron chi connectivity index (χ4n) is 3.03. The zero-order valence-electron chi connectivity index (χ0n) is 14.1. The van der Waals surface area contributed by atoms with Gasteiger partial charge in [0, 0.05) is 25.2 Å². The second kappa shape index (κ2) is 6.18. The van der Waals surface area contributed by atoms with Gasteiger partial charge in [0.1, 0.15) is 0 Å². The fourth-order valence-corrected chi connectivity index (χ4v) is 3.34. The molecule has 2 rings (SSSR count). The van der Waals surface area contributed by atoms with Gasteiger partial charge in [-0.05, 0) is 50.7 Å². The van der Waals surface area contributed by atoms with E-state index in [2.05, 4.69) is 57.0 Å². The molecule has 0 saturated carbocycles. The van der Waals surface area contributed by atoms with E-state index < -0.39 is 0 Å². The third-order valence-corrected chi connectivity index (χ3v) is 4.40. The van der Waals surface area contributed by atoms with Crippen molar-refractivity contribution in [1.82, 2.24) is 5.32 Å². The number of hydrogen-bond donors (Lipinski definition) is 1. The molecule has 0 atom stereocenters. The standard InChI is InChI=1S/C18H29ClN2/c1-17(2,3)20-12-14-8-6-9-15(19)16(14)21-11-7-10-18(4,5)13-21/h6,8-9,20H,7,10-13H2,1-5H3. The van der Waals surface area contributed by atoms with Crippen molar-refractivity contribution in [2.45, 2.75) is 59.5 Å². The molecule has 118 valence electrons. The maximum atomic E-state index is 6.54. The first-order chi connectivity index (χ1) is 9.68. The van der Waals surface area contributed by atoms with E-state index in [1.807, 2.05) is 6.07 Å². The highest BCUT2D eigenvalue weighted by Crippen LogP contribution is 2.37. The van der Waals surface area contributed by atoms with Crippen LogP contribution in [0.15, 0.2) is 18.2 Å². The lowest BCUT2D eigenvalue weighted by atomic mass is 9.84. The Balaban J connectivity index is 2.25. The van der Waals surface area contributed by atoms with Crippen LogP contribution in [0.1, 0.15) is 53.0 Å². The van der Waals surface area contributed by atoms with E-state index in [9.17, 15) is 0 Å². The number of rotatable bonds is 3. The van der Waals surface area contributed by atoms with Crippen LogP contribution in [0, 0.1) is 5.41 Å². The summed E-state index contributed by atoms with van der Waals surface area (Å²) >= 11 is 6.54. The minimum atomic E-state index is 0.112. The Labute approximate surface area is 134 Å². The number of para-hydroxylation sites is 1. The summed E-state index contributed by atoms with van der Waals surface area (Å²) in [5, 5.41) is 4.46. The van der Waals surface area contributed by atoms with Gasteiger partial charge in [0.05, 0.1) is 10.7 Å². The number of halogens is 1. The largest absolute Gasteiger partial charge is 0.370 e. The van der Waals surface area contributed by atoms with Crippen LogP contribution >= 0.6 is 11.6 Å². The lowest BCUT2D eigenvalue weighted by molar-refractivity contribution is 0.292. The van der Waals surface area contributed by atoms with Gasteiger partial charge in [-0.2, -0.15) is 0 Å². The summed E-state index contributed by atoms with van der Waals surface area (Å²) in [4.78, 5) is 2.48. The molecular weight excluding hydrogens is 280 g/mol. The highest BCUT2D eigenvalue weighted by atomic mass is 35.5. The first-order valence-corrected chi connectivity index (χ1v) is 8.33. The summed E-state index contributed by atoms with van der Waals surface area (Å²) in [6.45, 7) is 14.3. The first-order valence-electron chi connectivity index (χ1n) is 7.95. The Bertz CT molecular complexity index is 488. The minimum absolute atomic E-state index is 0.112. The molecule has 2 nitrogen and oxygen atoms in total. The van der Waals surface area contributed by atoms with Crippen LogP contribution in [-0.2, 0) is 6.54 Å². The van der Waals surface area contributed by atoms with Crippen LogP contribution in [0.3, 0.4) is 0 Å². The third-order valence-electron chi connectivity index (χ3n) is 4.10. The van der Waals surface area contributed by atoms with Crippen molar-refractivity contribution in [2.24, 2.45) is 5.41 Å². The number of hydrogen-bond acceptors (Lipinski definition) is 2. The number of benzene rings is 1. The summed E-state index contributed by atoms with van der Waals surface area (Å²) in [6.07, 6.45) is 2.54. The number of anilines is 1. The number of nitrogens with zero attached hydrogens (tertiary/aromatic N) is 1. The fraction of sp³-hybridized carbons (Fsp3) is 0.667. The number of piperidine rings is 1. The molecule has 1 aromatic carbocycles. The molecule has 1 saturated heterocycles. The van der Waals surface area contributed by atoms with Gasteiger partial charge in [-0.3, -0.25) is 0 Å². The highest BCUT2D eigenvalue weighted by Gasteiger charge is 2.28. The average molecular weight is 309 g/mol. The van der Waals surface area contributed by atoms with Crippen molar-refractivity contribution >= 4 is 17.3 Å². The lowest BCUT2D eigenvalue weighted by Gasteiger charge is -2.40. The molecule has 1 N–H and O–H groups in total. The molecule has 0 spiro atoms. The van der Waals surface area contributed by atoms with Crippen LogP contribution < -0.4 is 10.2 Å². The van der Waals surface area contributed by atoms with Crippen molar-refractivity contribution in [3.05, 3.63) is 28.8 Å². The molecule has 0 aromatic heterocycles. The summed E-state index contributed by atoms with van der Waals surface area (Å²) < 4.78 is 0. The van der Waals surface area contributed by atoms with E-state index >= 15 is 0 Å². The molecule has 1 heterocycles. The zero-order valence-corrected chi connectivity index (χ0v) is 14.8. The molecule has 1 aromatic rings. The number of nitrogens with one attached hydrogen (secondary N) is 1. The van der Waals surface area contributed by atoms with Crippen LogP contribution in [0.2, 0.25) is 5.02 Å². The van der Waals surface area contributed by atoms with Gasteiger partial charge in [0.25, 0.3) is 0 Å².